The van der Waals surface area contributed by atoms with Gasteiger partial charge >= 0.3 is 0 Å². The van der Waals surface area contributed by atoms with Gasteiger partial charge in [0.2, 0.25) is 5.91 Å². The quantitative estimate of drug-likeness (QED) is 0.473. The Morgan fingerprint density at radius 2 is 1.59 bits per heavy atom. The first-order valence-corrected chi connectivity index (χ1v) is 11.7. The smallest absolute Gasteiger partial charge is 0.251 e. The molecule has 6 heteroatoms. The maximum absolute atomic E-state index is 13.3. The molecule has 0 spiro atoms. The van der Waals surface area contributed by atoms with Gasteiger partial charge in [0.25, 0.3) is 5.91 Å². The third-order valence-electron chi connectivity index (χ3n) is 5.97. The van der Waals surface area contributed by atoms with Crippen LogP contribution in [0.15, 0.2) is 78.9 Å². The van der Waals surface area contributed by atoms with Crippen LogP contribution in [0.5, 0.6) is 11.5 Å². The Balaban J connectivity index is 1.51. The van der Waals surface area contributed by atoms with Gasteiger partial charge in [0.1, 0.15) is 6.04 Å². The van der Waals surface area contributed by atoms with Crippen LogP contribution in [0.4, 0.5) is 5.69 Å². The SMILES string of the molecule is COc1ccc(NC(=O)C(Cc2ccccc2)NC(=O)c2ccccc2)cc1OC1CCCC1. The summed E-state index contributed by atoms with van der Waals surface area (Å²) in [6.45, 7) is 0. The fraction of sp³-hybridized carbons (Fsp3) is 0.286. The molecule has 1 saturated carbocycles. The first kappa shape index (κ1) is 23.4. The lowest BCUT2D eigenvalue weighted by Gasteiger charge is -2.20. The van der Waals surface area contributed by atoms with Crippen LogP contribution in [-0.4, -0.2) is 31.1 Å². The van der Waals surface area contributed by atoms with Crippen molar-refractivity contribution >= 4 is 17.5 Å². The van der Waals surface area contributed by atoms with E-state index in [9.17, 15) is 9.59 Å². The van der Waals surface area contributed by atoms with E-state index in [0.717, 1.165) is 31.2 Å². The van der Waals surface area contributed by atoms with Crippen molar-refractivity contribution in [3.05, 3.63) is 90.0 Å². The number of nitrogens with one attached hydrogen (secondary N) is 2. The van der Waals surface area contributed by atoms with Crippen LogP contribution in [0, 0.1) is 0 Å². The molecule has 0 bridgehead atoms. The van der Waals surface area contributed by atoms with Crippen LogP contribution in [-0.2, 0) is 11.2 Å². The summed E-state index contributed by atoms with van der Waals surface area (Å²) in [4.78, 5) is 26.1. The Bertz CT molecular complexity index is 1100. The number of hydrogen-bond donors (Lipinski definition) is 2. The van der Waals surface area contributed by atoms with E-state index in [2.05, 4.69) is 10.6 Å². The zero-order valence-electron chi connectivity index (χ0n) is 19.3. The van der Waals surface area contributed by atoms with Crippen molar-refractivity contribution in [3.63, 3.8) is 0 Å². The van der Waals surface area contributed by atoms with Gasteiger partial charge < -0.3 is 20.1 Å². The largest absolute Gasteiger partial charge is 0.493 e. The second-order valence-corrected chi connectivity index (χ2v) is 8.46. The maximum Gasteiger partial charge on any atom is 0.251 e. The number of methoxy groups -OCH3 is 1. The Labute approximate surface area is 200 Å². The van der Waals surface area contributed by atoms with Crippen LogP contribution in [0.25, 0.3) is 0 Å². The molecule has 0 aliphatic heterocycles. The van der Waals surface area contributed by atoms with Crippen molar-refractivity contribution in [3.8, 4) is 11.5 Å². The minimum atomic E-state index is -0.753. The van der Waals surface area contributed by atoms with Crippen molar-refractivity contribution < 1.29 is 19.1 Å². The average molecular weight is 459 g/mol. The highest BCUT2D eigenvalue weighted by atomic mass is 16.5. The standard InChI is InChI=1S/C28H30N2O4/c1-33-25-17-16-22(19-26(25)34-23-14-8-9-15-23)29-28(32)24(18-20-10-4-2-5-11-20)30-27(31)21-12-6-3-7-13-21/h2-7,10-13,16-17,19,23-24H,8-9,14-15,18H2,1H3,(H,29,32)(H,30,31). The normalized spacial score (nSPS) is 14.3. The molecule has 0 aromatic heterocycles. The summed E-state index contributed by atoms with van der Waals surface area (Å²) in [5.41, 5.74) is 2.05. The highest BCUT2D eigenvalue weighted by molar-refractivity contribution is 6.01. The Hall–Kier alpha value is -3.80. The molecule has 2 amide bonds. The molecule has 1 aliphatic rings. The highest BCUT2D eigenvalue weighted by Gasteiger charge is 2.23. The summed E-state index contributed by atoms with van der Waals surface area (Å²) in [6, 6.07) is 23.1. The molecule has 0 saturated heterocycles. The lowest BCUT2D eigenvalue weighted by molar-refractivity contribution is -0.118. The fourth-order valence-corrected chi connectivity index (χ4v) is 4.15. The number of carbonyl (C=O) groups is 2. The van der Waals surface area contributed by atoms with Gasteiger partial charge in [-0.15, -0.1) is 0 Å². The summed E-state index contributed by atoms with van der Waals surface area (Å²) in [5, 5.41) is 5.84. The number of amides is 2. The molecule has 1 aliphatic carbocycles. The summed E-state index contributed by atoms with van der Waals surface area (Å²) in [7, 11) is 1.60. The molecule has 4 rings (SSSR count). The highest BCUT2D eigenvalue weighted by Crippen LogP contribution is 2.34. The first-order chi connectivity index (χ1) is 16.6. The van der Waals surface area contributed by atoms with Gasteiger partial charge in [0.15, 0.2) is 11.5 Å². The Morgan fingerprint density at radius 3 is 2.26 bits per heavy atom. The second kappa shape index (κ2) is 11.4. The molecule has 176 valence electrons. The predicted molar refractivity (Wildman–Crippen MR) is 132 cm³/mol. The third-order valence-corrected chi connectivity index (χ3v) is 5.97. The van der Waals surface area contributed by atoms with Crippen LogP contribution in [0.3, 0.4) is 0 Å². The Morgan fingerprint density at radius 1 is 0.912 bits per heavy atom. The lowest BCUT2D eigenvalue weighted by atomic mass is 10.0. The zero-order chi connectivity index (χ0) is 23.8. The van der Waals surface area contributed by atoms with Crippen LogP contribution in [0.2, 0.25) is 0 Å². The molecule has 1 unspecified atom stereocenters. The van der Waals surface area contributed by atoms with E-state index in [1.807, 2.05) is 36.4 Å². The van der Waals surface area contributed by atoms with E-state index in [4.69, 9.17) is 9.47 Å². The van der Waals surface area contributed by atoms with E-state index in [1.54, 1.807) is 49.6 Å². The fourth-order valence-electron chi connectivity index (χ4n) is 4.15. The van der Waals surface area contributed by atoms with E-state index < -0.39 is 6.04 Å². The van der Waals surface area contributed by atoms with E-state index >= 15 is 0 Å². The summed E-state index contributed by atoms with van der Waals surface area (Å²) in [6.07, 6.45) is 4.88. The number of hydrogen-bond acceptors (Lipinski definition) is 4. The van der Waals surface area contributed by atoms with Gasteiger partial charge in [-0.2, -0.15) is 0 Å². The molecule has 2 N–H and O–H groups in total. The van der Waals surface area contributed by atoms with Gasteiger partial charge in [0, 0.05) is 23.7 Å². The van der Waals surface area contributed by atoms with Gasteiger partial charge in [0.05, 0.1) is 13.2 Å². The molecule has 0 heterocycles. The van der Waals surface area contributed by atoms with E-state index in [0.29, 0.717) is 29.2 Å². The average Bonchev–Trinajstić information content (AvgIpc) is 3.38. The minimum Gasteiger partial charge on any atom is -0.493 e. The second-order valence-electron chi connectivity index (χ2n) is 8.46. The summed E-state index contributed by atoms with van der Waals surface area (Å²) >= 11 is 0. The summed E-state index contributed by atoms with van der Waals surface area (Å²) < 4.78 is 11.6. The van der Waals surface area contributed by atoms with E-state index in [1.165, 1.54) is 0 Å². The minimum absolute atomic E-state index is 0.163. The van der Waals surface area contributed by atoms with Crippen LogP contribution in [0.1, 0.15) is 41.6 Å². The van der Waals surface area contributed by atoms with Crippen molar-refractivity contribution in [1.82, 2.24) is 5.32 Å². The molecular formula is C28H30N2O4. The van der Waals surface area contributed by atoms with Crippen molar-refractivity contribution in [1.29, 1.82) is 0 Å². The molecule has 1 fully saturated rings. The molecule has 34 heavy (non-hydrogen) atoms. The van der Waals surface area contributed by atoms with E-state index in [-0.39, 0.29) is 17.9 Å². The third kappa shape index (κ3) is 6.16. The topological polar surface area (TPSA) is 76.7 Å². The van der Waals surface area contributed by atoms with Crippen molar-refractivity contribution in [2.45, 2.75) is 44.2 Å². The summed E-state index contributed by atoms with van der Waals surface area (Å²) in [5.74, 6) is 0.644. The van der Waals surface area contributed by atoms with Crippen LogP contribution >= 0.6 is 0 Å². The number of carbonyl (C=O) groups excluding carboxylic acids is 2. The lowest BCUT2D eigenvalue weighted by Crippen LogP contribution is -2.45. The number of benzene rings is 3. The molecule has 3 aromatic carbocycles. The zero-order valence-corrected chi connectivity index (χ0v) is 19.3. The number of anilines is 1. The van der Waals surface area contributed by atoms with Gasteiger partial charge in [-0.05, 0) is 55.5 Å². The predicted octanol–water partition coefficient (Wildman–Crippen LogP) is 5.00. The monoisotopic (exact) mass is 458 g/mol. The van der Waals surface area contributed by atoms with Crippen molar-refractivity contribution in [2.24, 2.45) is 0 Å². The molecule has 1 atom stereocenters. The van der Waals surface area contributed by atoms with Gasteiger partial charge in [-0.3, -0.25) is 9.59 Å². The first-order valence-electron chi connectivity index (χ1n) is 11.7. The van der Waals surface area contributed by atoms with Gasteiger partial charge in [-0.25, -0.2) is 0 Å². The molecule has 6 nitrogen and oxygen atoms in total. The molecule has 0 radical (unpaired) electrons. The number of rotatable bonds is 9. The van der Waals surface area contributed by atoms with Gasteiger partial charge in [-0.1, -0.05) is 48.5 Å². The Kier molecular flexibility index (Phi) is 7.81. The number of ether oxygens (including phenoxy) is 2. The van der Waals surface area contributed by atoms with Crippen molar-refractivity contribution in [2.75, 3.05) is 12.4 Å². The van der Waals surface area contributed by atoms with Crippen LogP contribution < -0.4 is 20.1 Å². The molecular weight excluding hydrogens is 428 g/mol. The maximum atomic E-state index is 13.3. The molecule has 3 aromatic rings.